The van der Waals surface area contributed by atoms with Crippen molar-refractivity contribution < 1.29 is 18.7 Å². The second-order valence-electron chi connectivity index (χ2n) is 3.79. The minimum Gasteiger partial charge on any atom is -0.465 e. The molecule has 1 unspecified atom stereocenters. The van der Waals surface area contributed by atoms with Crippen LogP contribution in [0.3, 0.4) is 0 Å². The number of furan rings is 1. The highest BCUT2D eigenvalue weighted by Crippen LogP contribution is 2.31. The fourth-order valence-corrected chi connectivity index (χ4v) is 1.75. The number of nitriles is 1. The first-order valence-electron chi connectivity index (χ1n) is 5.31. The van der Waals surface area contributed by atoms with Crippen molar-refractivity contribution in [3.05, 3.63) is 35.6 Å². The summed E-state index contributed by atoms with van der Waals surface area (Å²) < 4.78 is 15.4. The van der Waals surface area contributed by atoms with E-state index in [2.05, 4.69) is 4.74 Å². The number of carbonyl (C=O) groups is 1. The van der Waals surface area contributed by atoms with Crippen LogP contribution in [0.1, 0.15) is 11.9 Å². The Balaban J connectivity index is 2.29. The van der Waals surface area contributed by atoms with Gasteiger partial charge in [0.05, 0.1) is 19.9 Å². The lowest BCUT2D eigenvalue weighted by molar-refractivity contribution is -0.136. The predicted molar refractivity (Wildman–Crippen MR) is 59.8 cm³/mol. The molecule has 18 heavy (non-hydrogen) atoms. The molecule has 6 nitrogen and oxygen atoms in total. The zero-order valence-electron chi connectivity index (χ0n) is 10.0. The summed E-state index contributed by atoms with van der Waals surface area (Å²) in [6, 6.07) is 5.34. The molecule has 2 rings (SSSR count). The van der Waals surface area contributed by atoms with Crippen molar-refractivity contribution >= 4 is 5.97 Å². The summed E-state index contributed by atoms with van der Waals surface area (Å²) in [5, 5.41) is 8.98. The molecule has 0 bridgehead atoms. The summed E-state index contributed by atoms with van der Waals surface area (Å²) in [7, 11) is 2.96. The predicted octanol–water partition coefficient (Wildman–Crippen LogP) is 1.19. The van der Waals surface area contributed by atoms with Crippen LogP contribution in [0.4, 0.5) is 0 Å². The Kier molecular flexibility index (Phi) is 3.24. The van der Waals surface area contributed by atoms with Crippen LogP contribution >= 0.6 is 0 Å². The van der Waals surface area contributed by atoms with E-state index < -0.39 is 5.97 Å². The van der Waals surface area contributed by atoms with Crippen LogP contribution in [0.25, 0.3) is 0 Å². The molecular formula is C12H12N2O4. The molecule has 1 aliphatic rings. The summed E-state index contributed by atoms with van der Waals surface area (Å²) in [4.78, 5) is 13.1. The molecule has 1 aromatic heterocycles. The fraction of sp³-hybridized carbons (Fsp3) is 0.333. The van der Waals surface area contributed by atoms with E-state index in [0.29, 0.717) is 12.3 Å². The Labute approximate surface area is 104 Å². The van der Waals surface area contributed by atoms with Gasteiger partial charge in [0.15, 0.2) is 11.7 Å². The summed E-state index contributed by atoms with van der Waals surface area (Å²) >= 11 is 0. The Bertz CT molecular complexity index is 513. The van der Waals surface area contributed by atoms with Crippen molar-refractivity contribution in [2.24, 2.45) is 0 Å². The van der Waals surface area contributed by atoms with E-state index in [9.17, 15) is 4.79 Å². The molecule has 0 saturated carbocycles. The molecule has 94 valence electrons. The van der Waals surface area contributed by atoms with Gasteiger partial charge in [-0.1, -0.05) is 0 Å². The first-order valence-corrected chi connectivity index (χ1v) is 5.31. The maximum Gasteiger partial charge on any atom is 0.354 e. The van der Waals surface area contributed by atoms with Crippen molar-refractivity contribution in [1.29, 1.82) is 5.26 Å². The molecule has 1 saturated heterocycles. The first-order chi connectivity index (χ1) is 8.67. The molecule has 1 aliphatic heterocycles. The Morgan fingerprint density at radius 2 is 2.44 bits per heavy atom. The quantitative estimate of drug-likeness (QED) is 0.444. The van der Waals surface area contributed by atoms with Crippen molar-refractivity contribution in [2.75, 3.05) is 20.7 Å². The summed E-state index contributed by atoms with van der Waals surface area (Å²) in [5.74, 6) is 0.157. The van der Waals surface area contributed by atoms with E-state index in [1.165, 1.54) is 7.11 Å². The van der Waals surface area contributed by atoms with Crippen molar-refractivity contribution in [3.63, 3.8) is 0 Å². The molecule has 1 aromatic rings. The van der Waals surface area contributed by atoms with E-state index in [1.807, 2.05) is 0 Å². The van der Waals surface area contributed by atoms with Gasteiger partial charge < -0.3 is 18.8 Å². The zero-order chi connectivity index (χ0) is 13.1. The number of nitrogens with zero attached hydrogens (tertiary/aromatic N) is 2. The third-order valence-corrected chi connectivity index (χ3v) is 2.62. The van der Waals surface area contributed by atoms with Gasteiger partial charge >= 0.3 is 5.97 Å². The topological polar surface area (TPSA) is 75.7 Å². The third kappa shape index (κ3) is 2.02. The maximum absolute atomic E-state index is 11.4. The van der Waals surface area contributed by atoms with Crippen molar-refractivity contribution in [1.82, 2.24) is 4.90 Å². The lowest BCUT2D eigenvalue weighted by Crippen LogP contribution is -2.17. The Morgan fingerprint density at radius 1 is 1.67 bits per heavy atom. The summed E-state index contributed by atoms with van der Waals surface area (Å²) in [5.41, 5.74) is -0.144. The van der Waals surface area contributed by atoms with Crippen molar-refractivity contribution in [2.45, 2.75) is 6.10 Å². The number of hydrogen-bond acceptors (Lipinski definition) is 6. The van der Waals surface area contributed by atoms with Crippen molar-refractivity contribution in [3.8, 4) is 6.07 Å². The highest BCUT2D eigenvalue weighted by Gasteiger charge is 2.33. The van der Waals surface area contributed by atoms with Crippen LogP contribution in [-0.4, -0.2) is 31.6 Å². The molecule has 1 atom stereocenters. The first kappa shape index (κ1) is 12.0. The van der Waals surface area contributed by atoms with E-state index in [1.54, 1.807) is 36.4 Å². The average Bonchev–Trinajstić information content (AvgIpc) is 3.00. The second-order valence-corrected chi connectivity index (χ2v) is 3.79. The van der Waals surface area contributed by atoms with Crippen LogP contribution in [0, 0.1) is 11.3 Å². The fourth-order valence-electron chi connectivity index (χ4n) is 1.75. The molecular weight excluding hydrogens is 236 g/mol. The van der Waals surface area contributed by atoms with E-state index >= 15 is 0 Å². The smallest absolute Gasteiger partial charge is 0.354 e. The van der Waals surface area contributed by atoms with Crippen LogP contribution in [0.2, 0.25) is 0 Å². The normalized spacial score (nSPS) is 21.2. The number of esters is 1. The number of carbonyl (C=O) groups excluding carboxylic acids is 1. The van der Waals surface area contributed by atoms with Crippen LogP contribution in [0.15, 0.2) is 34.3 Å². The molecule has 0 aliphatic carbocycles. The molecule has 0 amide bonds. The van der Waals surface area contributed by atoms with Crippen LogP contribution in [0.5, 0.6) is 0 Å². The number of methoxy groups -OCH3 is 1. The molecule has 6 heteroatoms. The monoisotopic (exact) mass is 248 g/mol. The minimum absolute atomic E-state index is 0.144. The van der Waals surface area contributed by atoms with Gasteiger partial charge in [0.2, 0.25) is 5.88 Å². The van der Waals surface area contributed by atoms with Gasteiger partial charge in [-0.25, -0.2) is 4.79 Å². The van der Waals surface area contributed by atoms with E-state index in [-0.39, 0.29) is 17.6 Å². The third-order valence-electron chi connectivity index (χ3n) is 2.62. The summed E-state index contributed by atoms with van der Waals surface area (Å²) in [6.45, 7) is 0.505. The minimum atomic E-state index is -0.709. The van der Waals surface area contributed by atoms with Gasteiger partial charge in [0.1, 0.15) is 11.8 Å². The Hall–Kier alpha value is -2.42. The van der Waals surface area contributed by atoms with Crippen LogP contribution in [-0.2, 0) is 14.3 Å². The lowest BCUT2D eigenvalue weighted by Gasteiger charge is -2.10. The largest absolute Gasteiger partial charge is 0.465 e. The van der Waals surface area contributed by atoms with Gasteiger partial charge in [-0.05, 0) is 12.1 Å². The molecule has 2 heterocycles. The van der Waals surface area contributed by atoms with E-state index in [4.69, 9.17) is 14.4 Å². The van der Waals surface area contributed by atoms with Gasteiger partial charge in [-0.3, -0.25) is 0 Å². The molecule has 0 N–H and O–H groups in total. The van der Waals surface area contributed by atoms with Gasteiger partial charge in [0, 0.05) is 7.05 Å². The highest BCUT2D eigenvalue weighted by atomic mass is 16.5. The van der Waals surface area contributed by atoms with Gasteiger partial charge in [-0.2, -0.15) is 5.26 Å². The number of hydrogen-bond donors (Lipinski definition) is 0. The number of rotatable bonds is 2. The maximum atomic E-state index is 11.4. The van der Waals surface area contributed by atoms with Gasteiger partial charge in [0.25, 0.3) is 0 Å². The molecule has 0 spiro atoms. The average molecular weight is 248 g/mol. The van der Waals surface area contributed by atoms with Crippen LogP contribution < -0.4 is 0 Å². The highest BCUT2D eigenvalue weighted by molar-refractivity contribution is 5.93. The second kappa shape index (κ2) is 4.84. The zero-order valence-corrected chi connectivity index (χ0v) is 10.0. The van der Waals surface area contributed by atoms with Gasteiger partial charge in [-0.15, -0.1) is 0 Å². The standard InChI is InChI=1S/C12H12N2O4/c1-14-7-10(9-4-3-5-17-9)18-11(14)8(6-13)12(15)16-2/h3-5,10H,7H2,1-2H3/b11-8+. The molecule has 0 radical (unpaired) electrons. The molecule has 1 fully saturated rings. The van der Waals surface area contributed by atoms with E-state index in [0.717, 1.165) is 0 Å². The number of ether oxygens (including phenoxy) is 2. The number of likely N-dealkylation sites (N-methyl/N-ethyl adjacent to an activating group) is 1. The SMILES string of the molecule is COC(=O)/C(C#N)=C1/OC(c2ccco2)CN1C. The summed E-state index contributed by atoms with van der Waals surface area (Å²) in [6.07, 6.45) is 1.22. The lowest BCUT2D eigenvalue weighted by atomic mass is 10.3. The Morgan fingerprint density at radius 3 is 3.00 bits per heavy atom. The molecule has 0 aromatic carbocycles.